The smallest absolute Gasteiger partial charge is 0.0670 e. The van der Waals surface area contributed by atoms with Gasteiger partial charge in [0.25, 0.3) is 0 Å². The van der Waals surface area contributed by atoms with E-state index in [1.807, 2.05) is 0 Å². The van der Waals surface area contributed by atoms with Crippen LogP contribution in [0.5, 0.6) is 0 Å². The van der Waals surface area contributed by atoms with Crippen LogP contribution in [0, 0.1) is 90.6 Å². The van der Waals surface area contributed by atoms with Gasteiger partial charge in [0.05, 0.1) is 74.2 Å². The lowest BCUT2D eigenvalue weighted by molar-refractivity contribution is 0.905. The highest BCUT2D eigenvalue weighted by molar-refractivity contribution is 5.51. The van der Waals surface area contributed by atoms with Gasteiger partial charge in [-0.1, -0.05) is 0 Å². The fourth-order valence-corrected chi connectivity index (χ4v) is 7.80. The van der Waals surface area contributed by atoms with E-state index in [2.05, 4.69) is 68.5 Å². The second kappa shape index (κ2) is 17.1. The van der Waals surface area contributed by atoms with Gasteiger partial charge in [-0.3, -0.25) is 0 Å². The van der Waals surface area contributed by atoms with Gasteiger partial charge < -0.3 is 19.9 Å². The molecule has 12 nitrogen and oxygen atoms in total. The van der Waals surface area contributed by atoms with Crippen molar-refractivity contribution in [1.82, 2.24) is 19.9 Å². The van der Waals surface area contributed by atoms with Crippen LogP contribution in [0.3, 0.4) is 0 Å². The minimum absolute atomic E-state index is 0.109. The molecule has 0 aromatic carbocycles. The maximum absolute atomic E-state index is 9.97. The van der Waals surface area contributed by atoms with Gasteiger partial charge in [-0.2, -0.15) is 42.1 Å². The number of nitrogens with one attached hydrogen (secondary N) is 4. The van der Waals surface area contributed by atoms with Crippen LogP contribution in [0.25, 0.3) is 0 Å². The van der Waals surface area contributed by atoms with Crippen molar-refractivity contribution in [2.24, 2.45) is 0 Å². The van der Waals surface area contributed by atoms with Crippen molar-refractivity contribution < 1.29 is 0 Å². The lowest BCUT2D eigenvalue weighted by atomic mass is 9.93. The minimum atomic E-state index is 0.109. The fourth-order valence-electron chi connectivity index (χ4n) is 7.80. The number of aromatic nitrogens is 4. The van der Waals surface area contributed by atoms with E-state index in [1.165, 1.54) is 0 Å². The molecule has 5 rings (SSSR count). The highest BCUT2D eigenvalue weighted by Crippen LogP contribution is 2.34. The zero-order valence-electron chi connectivity index (χ0n) is 28.9. The van der Waals surface area contributed by atoms with Gasteiger partial charge in [-0.15, -0.1) is 0 Å². The standard InChI is InChI=1S/C40H36N12/c41-13-1-5-25-29(9-17-45)37-22-35-27(7-3-15-43)30(10-18-46)38(51-35)23-36-28(8-4-16-44)32(12-20-48)40(52-36)24-39-31(11-19-47)26(6-2-14-42)34(50-39)21-33(25)49-37/h49-52H,1-12,21-24H2. The first-order chi connectivity index (χ1) is 25.5. The number of aromatic amines is 4. The molecule has 256 valence electrons. The summed E-state index contributed by atoms with van der Waals surface area (Å²) in [5, 5.41) is 78.2. The quantitative estimate of drug-likeness (QED) is 0.125. The van der Waals surface area contributed by atoms with Crippen LogP contribution in [0.15, 0.2) is 0 Å². The molecule has 0 saturated heterocycles. The summed E-state index contributed by atoms with van der Waals surface area (Å²) < 4.78 is 0. The zero-order valence-corrected chi connectivity index (χ0v) is 28.9. The van der Waals surface area contributed by atoms with Crippen LogP contribution in [-0.2, 0) is 77.0 Å². The predicted molar refractivity (Wildman–Crippen MR) is 187 cm³/mol. The molecule has 0 atom stereocenters. The summed E-state index contributed by atoms with van der Waals surface area (Å²) in [5.41, 5.74) is 13.3. The van der Waals surface area contributed by atoms with Gasteiger partial charge >= 0.3 is 0 Å². The van der Waals surface area contributed by atoms with Gasteiger partial charge in [0, 0.05) is 96.9 Å². The van der Waals surface area contributed by atoms with Crippen LogP contribution >= 0.6 is 0 Å². The molecule has 1 aliphatic heterocycles. The van der Waals surface area contributed by atoms with Crippen molar-refractivity contribution in [2.45, 2.75) is 103 Å². The van der Waals surface area contributed by atoms with Crippen LogP contribution in [0.4, 0.5) is 0 Å². The normalized spacial score (nSPS) is 11.5. The lowest BCUT2D eigenvalue weighted by Gasteiger charge is -2.07. The number of rotatable bonds is 12. The van der Waals surface area contributed by atoms with Crippen molar-refractivity contribution in [2.75, 3.05) is 0 Å². The number of hydrogen-bond acceptors (Lipinski definition) is 8. The van der Waals surface area contributed by atoms with Gasteiger partial charge in [0.15, 0.2) is 0 Å². The Morgan fingerprint density at radius 1 is 0.288 bits per heavy atom. The first-order valence-corrected chi connectivity index (χ1v) is 17.3. The van der Waals surface area contributed by atoms with Gasteiger partial charge in [-0.25, -0.2) is 0 Å². The summed E-state index contributed by atoms with van der Waals surface area (Å²) in [6.45, 7) is 0. The van der Waals surface area contributed by atoms with E-state index in [4.69, 9.17) is 0 Å². The molecule has 0 saturated carbocycles. The summed E-state index contributed by atoms with van der Waals surface area (Å²) in [5.74, 6) is 0. The number of H-pyrrole nitrogens is 4. The van der Waals surface area contributed by atoms with Gasteiger partial charge in [0.2, 0.25) is 0 Å². The third kappa shape index (κ3) is 7.45. The number of fused-ring (bicyclic) bond motifs is 8. The average molecular weight is 685 g/mol. The molecule has 0 amide bonds. The second-order valence-electron chi connectivity index (χ2n) is 12.8. The molecule has 0 aliphatic carbocycles. The molecule has 4 N–H and O–H groups in total. The van der Waals surface area contributed by atoms with Crippen LogP contribution in [0.1, 0.15) is 116 Å². The van der Waals surface area contributed by atoms with E-state index in [9.17, 15) is 42.1 Å². The van der Waals surface area contributed by atoms with E-state index in [-0.39, 0.29) is 51.4 Å². The SMILES string of the molecule is N#CCCc1c2[nH]c(c1CC#N)Cc1[nH]c(c(CCC#N)c1CC#N)Cc1[nH]c(c(CC#N)c1CCC#N)Cc1[nH]c(c(CC#N)c1CCC#N)C2. The molecule has 4 aromatic heterocycles. The molecule has 0 unspecified atom stereocenters. The Hall–Kier alpha value is -6.96. The maximum atomic E-state index is 9.97. The van der Waals surface area contributed by atoms with Crippen molar-refractivity contribution in [3.8, 4) is 48.6 Å². The largest absolute Gasteiger partial charge is 0.361 e. The summed E-state index contributed by atoms with van der Waals surface area (Å²) in [7, 11) is 0. The zero-order chi connectivity index (χ0) is 37.0. The van der Waals surface area contributed by atoms with Gasteiger partial charge in [-0.05, 0) is 70.2 Å². The molecule has 0 radical (unpaired) electrons. The average Bonchev–Trinajstić information content (AvgIpc) is 3.83. The van der Waals surface area contributed by atoms with Crippen LogP contribution in [0.2, 0.25) is 0 Å². The highest BCUT2D eigenvalue weighted by Gasteiger charge is 2.27. The van der Waals surface area contributed by atoms with E-state index in [1.54, 1.807) is 0 Å². The third-order valence-electron chi connectivity index (χ3n) is 9.96. The summed E-state index contributed by atoms with van der Waals surface area (Å²) >= 11 is 0. The second-order valence-corrected chi connectivity index (χ2v) is 12.8. The topological polar surface area (TPSA) is 253 Å². The summed E-state index contributed by atoms with van der Waals surface area (Å²) in [6.07, 6.45) is 4.58. The monoisotopic (exact) mass is 684 g/mol. The molecule has 8 bridgehead atoms. The molecule has 52 heavy (non-hydrogen) atoms. The molecular weight excluding hydrogens is 649 g/mol. The van der Waals surface area contributed by atoms with E-state index < -0.39 is 0 Å². The third-order valence-corrected chi connectivity index (χ3v) is 9.96. The summed E-state index contributed by atoms with van der Waals surface area (Å²) in [6, 6.07) is 18.2. The Morgan fingerprint density at radius 2 is 0.481 bits per heavy atom. The van der Waals surface area contributed by atoms with Crippen molar-refractivity contribution in [1.29, 1.82) is 42.1 Å². The van der Waals surface area contributed by atoms with Crippen molar-refractivity contribution >= 4 is 0 Å². The first kappa shape index (κ1) is 36.3. The van der Waals surface area contributed by atoms with E-state index in [0.29, 0.717) is 51.4 Å². The Kier molecular flexibility index (Phi) is 12.0. The molecule has 0 fully saturated rings. The van der Waals surface area contributed by atoms with E-state index >= 15 is 0 Å². The Labute approximate surface area is 302 Å². The van der Waals surface area contributed by atoms with E-state index in [0.717, 1.165) is 90.1 Å². The van der Waals surface area contributed by atoms with Crippen molar-refractivity contribution in [3.05, 3.63) is 90.1 Å². The van der Waals surface area contributed by atoms with Crippen LogP contribution in [-0.4, -0.2) is 19.9 Å². The number of nitriles is 8. The lowest BCUT2D eigenvalue weighted by Crippen LogP contribution is -2.01. The van der Waals surface area contributed by atoms with Crippen LogP contribution < -0.4 is 0 Å². The number of hydrogen-bond donors (Lipinski definition) is 4. The molecule has 0 spiro atoms. The fraction of sp³-hybridized carbons (Fsp3) is 0.400. The number of nitrogens with zero attached hydrogens (tertiary/aromatic N) is 8. The minimum Gasteiger partial charge on any atom is -0.361 e. The predicted octanol–water partition coefficient (Wildman–Crippen LogP) is 5.76. The molecule has 12 heteroatoms. The molecular formula is C40H36N12. The molecule has 1 aliphatic rings. The Balaban J connectivity index is 1.85. The Bertz CT molecular complexity index is 2320. The first-order valence-electron chi connectivity index (χ1n) is 17.3. The van der Waals surface area contributed by atoms with Crippen molar-refractivity contribution in [3.63, 3.8) is 0 Å². The molecule has 5 heterocycles. The molecule has 4 aromatic rings. The Morgan fingerprint density at radius 3 is 0.654 bits per heavy atom. The summed E-state index contributed by atoms with van der Waals surface area (Å²) in [4.78, 5) is 14.4. The highest BCUT2D eigenvalue weighted by atomic mass is 14.8. The van der Waals surface area contributed by atoms with Gasteiger partial charge in [0.1, 0.15) is 0 Å². The maximum Gasteiger partial charge on any atom is 0.0670 e.